The van der Waals surface area contributed by atoms with Crippen LogP contribution >= 0.6 is 0 Å². The maximum atomic E-state index is 10.7. The average molecular weight is 206 g/mol. The van der Waals surface area contributed by atoms with Crippen molar-refractivity contribution in [2.24, 2.45) is 0 Å². The topological polar surface area (TPSA) is 79.8 Å². The van der Waals surface area contributed by atoms with Gasteiger partial charge in [-0.2, -0.15) is 0 Å². The molecule has 0 saturated carbocycles. The second-order valence-corrected chi connectivity index (χ2v) is 2.45. The third-order valence-electron chi connectivity index (χ3n) is 1.37. The van der Waals surface area contributed by atoms with Gasteiger partial charge in [-0.15, -0.1) is 0 Å². The number of ether oxygens (including phenoxy) is 2. The molecule has 0 aromatic rings. The van der Waals surface area contributed by atoms with E-state index in [1.54, 1.807) is 7.05 Å². The van der Waals surface area contributed by atoms with Crippen molar-refractivity contribution in [2.45, 2.75) is 0 Å². The zero-order chi connectivity index (χ0) is 10.6. The molecule has 0 bridgehead atoms. The zero-order valence-electron chi connectivity index (χ0n) is 8.41. The van der Waals surface area contributed by atoms with Gasteiger partial charge in [-0.25, -0.2) is 4.79 Å². The van der Waals surface area contributed by atoms with E-state index in [-0.39, 0.29) is 12.6 Å². The van der Waals surface area contributed by atoms with E-state index in [9.17, 15) is 4.79 Å². The van der Waals surface area contributed by atoms with Crippen LogP contribution in [0.25, 0.3) is 0 Å². The van der Waals surface area contributed by atoms with Crippen molar-refractivity contribution in [3.8, 4) is 0 Å². The van der Waals surface area contributed by atoms with E-state index >= 15 is 0 Å². The van der Waals surface area contributed by atoms with Gasteiger partial charge in [-0.3, -0.25) is 0 Å². The molecule has 0 rings (SSSR count). The van der Waals surface area contributed by atoms with Crippen LogP contribution in [0.1, 0.15) is 0 Å². The van der Waals surface area contributed by atoms with E-state index in [1.807, 2.05) is 0 Å². The van der Waals surface area contributed by atoms with Crippen molar-refractivity contribution in [1.29, 1.82) is 0 Å². The number of hydrogen-bond acceptors (Lipinski definition) is 4. The molecule has 0 aliphatic heterocycles. The van der Waals surface area contributed by atoms with Crippen LogP contribution in [-0.2, 0) is 9.47 Å². The Bertz CT molecular complexity index is 143. The van der Waals surface area contributed by atoms with Crippen LogP contribution in [0.2, 0.25) is 0 Å². The Morgan fingerprint density at radius 2 is 1.86 bits per heavy atom. The maximum absolute atomic E-state index is 10.7. The first-order valence-electron chi connectivity index (χ1n) is 4.53. The molecule has 6 heteroatoms. The Hall–Kier alpha value is -0.850. The largest absolute Gasteiger partial charge is 0.394 e. The molecule has 84 valence electrons. The maximum Gasteiger partial charge on any atom is 0.314 e. The number of nitrogens with one attached hydrogen (secondary N) is 2. The average Bonchev–Trinajstić information content (AvgIpc) is 2.21. The Labute approximate surface area is 83.6 Å². The van der Waals surface area contributed by atoms with Gasteiger partial charge in [0.15, 0.2) is 0 Å². The van der Waals surface area contributed by atoms with Crippen molar-refractivity contribution in [2.75, 3.05) is 46.6 Å². The van der Waals surface area contributed by atoms with E-state index < -0.39 is 0 Å². The summed E-state index contributed by atoms with van der Waals surface area (Å²) in [5.41, 5.74) is 0. The molecule has 0 atom stereocenters. The summed E-state index contributed by atoms with van der Waals surface area (Å²) in [7, 11) is 1.55. The van der Waals surface area contributed by atoms with Crippen molar-refractivity contribution < 1.29 is 19.4 Å². The summed E-state index contributed by atoms with van der Waals surface area (Å²) in [5.74, 6) is 0. The Morgan fingerprint density at radius 1 is 1.21 bits per heavy atom. The SMILES string of the molecule is CNC(=O)NCCOCCOCCO. The molecule has 2 amide bonds. The zero-order valence-corrected chi connectivity index (χ0v) is 8.41. The van der Waals surface area contributed by atoms with Gasteiger partial charge in [0.25, 0.3) is 0 Å². The normalized spacial score (nSPS) is 9.86. The quantitative estimate of drug-likeness (QED) is 0.442. The number of carbonyl (C=O) groups excluding carboxylic acids is 1. The van der Waals surface area contributed by atoms with Crippen molar-refractivity contribution in [3.63, 3.8) is 0 Å². The van der Waals surface area contributed by atoms with Crippen LogP contribution in [-0.4, -0.2) is 57.8 Å². The molecule has 0 spiro atoms. The first kappa shape index (κ1) is 13.2. The van der Waals surface area contributed by atoms with E-state index in [2.05, 4.69) is 10.6 Å². The highest BCUT2D eigenvalue weighted by Crippen LogP contribution is 1.77. The smallest absolute Gasteiger partial charge is 0.314 e. The molecule has 0 heterocycles. The first-order chi connectivity index (χ1) is 6.81. The Morgan fingerprint density at radius 3 is 2.43 bits per heavy atom. The molecule has 0 aromatic carbocycles. The van der Waals surface area contributed by atoms with Gasteiger partial charge in [0.05, 0.1) is 33.0 Å². The highest BCUT2D eigenvalue weighted by molar-refractivity contribution is 5.73. The molecule has 3 N–H and O–H groups in total. The Balaban J connectivity index is 2.95. The number of hydrogen-bond donors (Lipinski definition) is 3. The minimum absolute atomic E-state index is 0.0260. The summed E-state index contributed by atoms with van der Waals surface area (Å²) >= 11 is 0. The van der Waals surface area contributed by atoms with E-state index in [1.165, 1.54) is 0 Å². The lowest BCUT2D eigenvalue weighted by molar-refractivity contribution is 0.0344. The summed E-state index contributed by atoms with van der Waals surface area (Å²) in [6.45, 7) is 2.21. The monoisotopic (exact) mass is 206 g/mol. The molecule has 6 nitrogen and oxygen atoms in total. The van der Waals surface area contributed by atoms with Gasteiger partial charge in [-0.1, -0.05) is 0 Å². The van der Waals surface area contributed by atoms with Crippen LogP contribution in [0.5, 0.6) is 0 Å². The predicted octanol–water partition coefficient (Wildman–Crippen LogP) is -1.06. The van der Waals surface area contributed by atoms with Gasteiger partial charge < -0.3 is 25.2 Å². The second-order valence-electron chi connectivity index (χ2n) is 2.45. The van der Waals surface area contributed by atoms with Gasteiger partial charge in [0.1, 0.15) is 0 Å². The number of rotatable bonds is 8. The lowest BCUT2D eigenvalue weighted by Crippen LogP contribution is -2.35. The van der Waals surface area contributed by atoms with E-state index in [4.69, 9.17) is 14.6 Å². The van der Waals surface area contributed by atoms with Crippen LogP contribution in [0, 0.1) is 0 Å². The number of aliphatic hydroxyl groups is 1. The van der Waals surface area contributed by atoms with Gasteiger partial charge >= 0.3 is 6.03 Å². The fourth-order valence-electron chi connectivity index (χ4n) is 0.712. The summed E-state index contributed by atoms with van der Waals surface area (Å²) in [4.78, 5) is 10.7. The minimum Gasteiger partial charge on any atom is -0.394 e. The fraction of sp³-hybridized carbons (Fsp3) is 0.875. The molecule has 0 fully saturated rings. The summed E-state index contributed by atoms with van der Waals surface area (Å²) < 4.78 is 10.1. The molecule has 0 aliphatic carbocycles. The highest BCUT2D eigenvalue weighted by Gasteiger charge is 1.94. The van der Waals surface area contributed by atoms with E-state index in [0.717, 1.165) is 0 Å². The predicted molar refractivity (Wildman–Crippen MR) is 51.2 cm³/mol. The lowest BCUT2D eigenvalue weighted by Gasteiger charge is -2.05. The van der Waals surface area contributed by atoms with E-state index in [0.29, 0.717) is 33.0 Å². The number of carbonyl (C=O) groups is 1. The number of amides is 2. The van der Waals surface area contributed by atoms with Crippen LogP contribution in [0.15, 0.2) is 0 Å². The first-order valence-corrected chi connectivity index (χ1v) is 4.53. The minimum atomic E-state index is -0.217. The number of urea groups is 1. The van der Waals surface area contributed by atoms with Gasteiger partial charge in [0.2, 0.25) is 0 Å². The summed E-state index contributed by atoms with van der Waals surface area (Å²) in [5, 5.41) is 13.4. The van der Waals surface area contributed by atoms with Crippen LogP contribution in [0.4, 0.5) is 4.79 Å². The number of aliphatic hydroxyl groups excluding tert-OH is 1. The third-order valence-corrected chi connectivity index (χ3v) is 1.37. The highest BCUT2D eigenvalue weighted by atomic mass is 16.5. The Kier molecular flexibility index (Phi) is 9.61. The molecule has 0 radical (unpaired) electrons. The molecular weight excluding hydrogens is 188 g/mol. The second kappa shape index (κ2) is 10.2. The van der Waals surface area contributed by atoms with Gasteiger partial charge in [0, 0.05) is 13.6 Å². The van der Waals surface area contributed by atoms with Crippen molar-refractivity contribution in [3.05, 3.63) is 0 Å². The van der Waals surface area contributed by atoms with Crippen molar-refractivity contribution >= 4 is 6.03 Å². The summed E-state index contributed by atoms with van der Waals surface area (Å²) in [6.07, 6.45) is 0. The molecule has 14 heavy (non-hydrogen) atoms. The third kappa shape index (κ3) is 9.24. The molecule has 0 aromatic heterocycles. The standard InChI is InChI=1S/C8H18N2O4/c1-9-8(12)10-2-4-13-6-7-14-5-3-11/h11H,2-7H2,1H3,(H2,9,10,12). The van der Waals surface area contributed by atoms with Gasteiger partial charge in [-0.05, 0) is 0 Å². The fourth-order valence-corrected chi connectivity index (χ4v) is 0.712. The molecule has 0 aliphatic rings. The lowest BCUT2D eigenvalue weighted by atomic mass is 10.6. The van der Waals surface area contributed by atoms with Crippen LogP contribution < -0.4 is 10.6 Å². The van der Waals surface area contributed by atoms with Crippen LogP contribution in [0.3, 0.4) is 0 Å². The summed E-state index contributed by atoms with van der Waals surface area (Å²) in [6, 6.07) is -0.217. The van der Waals surface area contributed by atoms with Crippen molar-refractivity contribution in [1.82, 2.24) is 10.6 Å². The molecule has 0 unspecified atom stereocenters. The molecular formula is C8H18N2O4. The molecule has 0 saturated heterocycles.